The highest BCUT2D eigenvalue weighted by Gasteiger charge is 2.32. The predicted octanol–water partition coefficient (Wildman–Crippen LogP) is 5.92. The number of halogens is 1. The van der Waals surface area contributed by atoms with Gasteiger partial charge in [-0.2, -0.15) is 5.10 Å². The van der Waals surface area contributed by atoms with E-state index in [4.69, 9.17) is 18.9 Å². The van der Waals surface area contributed by atoms with Gasteiger partial charge in [0.1, 0.15) is 34.9 Å². The zero-order valence-electron chi connectivity index (χ0n) is 20.9. The first-order valence-electron chi connectivity index (χ1n) is 12.3. The molecule has 37 heavy (non-hydrogen) atoms. The smallest absolute Gasteiger partial charge is 0.306 e. The molecule has 0 fully saturated rings. The fourth-order valence-corrected chi connectivity index (χ4v) is 5.38. The predicted molar refractivity (Wildman–Crippen MR) is 135 cm³/mol. The molecule has 1 aliphatic carbocycles. The maximum absolute atomic E-state index is 15.1. The largest absolute Gasteiger partial charge is 0.492 e. The van der Waals surface area contributed by atoms with E-state index in [9.17, 15) is 4.79 Å². The number of esters is 1. The molecule has 190 valence electrons. The summed E-state index contributed by atoms with van der Waals surface area (Å²) in [6, 6.07) is 12.6. The number of aryl methyl sites for hydroxylation is 2. The number of aromatic nitrogens is 2. The van der Waals surface area contributed by atoms with E-state index in [2.05, 4.69) is 5.10 Å². The van der Waals surface area contributed by atoms with E-state index in [1.54, 1.807) is 6.07 Å². The molecule has 2 atom stereocenters. The van der Waals surface area contributed by atoms with Crippen molar-refractivity contribution in [1.82, 2.24) is 9.78 Å². The van der Waals surface area contributed by atoms with E-state index in [1.807, 2.05) is 55.2 Å². The zero-order chi connectivity index (χ0) is 25.7. The van der Waals surface area contributed by atoms with Gasteiger partial charge >= 0.3 is 5.97 Å². The SMILES string of the molecule is COC(=O)CC1COc2cc(O[C@@H]3CCc4c(Oc5ccc6c(cnn6C)c5C)ccc(F)c43)ccc21. The van der Waals surface area contributed by atoms with Crippen LogP contribution in [0.15, 0.2) is 48.7 Å². The van der Waals surface area contributed by atoms with E-state index >= 15 is 4.39 Å². The molecular formula is C29H27FN2O5. The highest BCUT2D eigenvalue weighted by molar-refractivity contribution is 5.84. The van der Waals surface area contributed by atoms with E-state index in [0.29, 0.717) is 42.3 Å². The van der Waals surface area contributed by atoms with Crippen LogP contribution < -0.4 is 14.2 Å². The van der Waals surface area contributed by atoms with Crippen LogP contribution in [0.1, 0.15) is 47.1 Å². The second-order valence-electron chi connectivity index (χ2n) is 9.56. The van der Waals surface area contributed by atoms with E-state index in [-0.39, 0.29) is 24.1 Å². The molecule has 1 unspecified atom stereocenters. The van der Waals surface area contributed by atoms with Crippen LogP contribution >= 0.6 is 0 Å². The molecule has 8 heteroatoms. The van der Waals surface area contributed by atoms with Crippen LogP contribution in [-0.4, -0.2) is 29.5 Å². The Labute approximate surface area is 213 Å². The van der Waals surface area contributed by atoms with Gasteiger partial charge < -0.3 is 18.9 Å². The molecule has 6 rings (SSSR count). The van der Waals surface area contributed by atoms with Gasteiger partial charge in [0.05, 0.1) is 31.9 Å². The topological polar surface area (TPSA) is 71.8 Å². The molecule has 0 saturated carbocycles. The van der Waals surface area contributed by atoms with Crippen LogP contribution in [0.4, 0.5) is 4.39 Å². The molecule has 0 bridgehead atoms. The number of benzene rings is 3. The maximum Gasteiger partial charge on any atom is 0.306 e. The Morgan fingerprint density at radius 2 is 2.03 bits per heavy atom. The van der Waals surface area contributed by atoms with Crippen molar-refractivity contribution in [2.24, 2.45) is 7.05 Å². The van der Waals surface area contributed by atoms with Crippen molar-refractivity contribution in [1.29, 1.82) is 0 Å². The van der Waals surface area contributed by atoms with Gasteiger partial charge in [-0.05, 0) is 50.1 Å². The highest BCUT2D eigenvalue weighted by Crippen LogP contribution is 2.45. The van der Waals surface area contributed by atoms with Crippen LogP contribution in [0.2, 0.25) is 0 Å². The number of rotatable bonds is 6. The molecule has 4 aromatic rings. The molecule has 0 N–H and O–H groups in total. The first-order chi connectivity index (χ1) is 17.9. The quantitative estimate of drug-likeness (QED) is 0.305. The Kier molecular flexibility index (Phi) is 5.74. The number of hydrogen-bond donors (Lipinski definition) is 0. The van der Waals surface area contributed by atoms with Crippen LogP contribution in [0, 0.1) is 12.7 Å². The molecule has 0 radical (unpaired) electrons. The first-order valence-corrected chi connectivity index (χ1v) is 12.3. The Bertz CT molecular complexity index is 1530. The highest BCUT2D eigenvalue weighted by atomic mass is 19.1. The van der Waals surface area contributed by atoms with E-state index in [1.165, 1.54) is 13.2 Å². The maximum atomic E-state index is 15.1. The average molecular weight is 503 g/mol. The Morgan fingerprint density at radius 1 is 1.19 bits per heavy atom. The van der Waals surface area contributed by atoms with Crippen molar-refractivity contribution in [3.63, 3.8) is 0 Å². The van der Waals surface area contributed by atoms with Crippen molar-refractivity contribution in [3.05, 3.63) is 76.7 Å². The van der Waals surface area contributed by atoms with Gasteiger partial charge in [0.25, 0.3) is 0 Å². The third kappa shape index (κ3) is 4.06. The molecule has 7 nitrogen and oxygen atoms in total. The van der Waals surface area contributed by atoms with Crippen molar-refractivity contribution in [2.75, 3.05) is 13.7 Å². The lowest BCUT2D eigenvalue weighted by Gasteiger charge is -2.18. The lowest BCUT2D eigenvalue weighted by atomic mass is 9.98. The third-order valence-corrected chi connectivity index (χ3v) is 7.39. The van der Waals surface area contributed by atoms with Crippen molar-refractivity contribution in [3.8, 4) is 23.0 Å². The number of hydrogen-bond acceptors (Lipinski definition) is 6. The summed E-state index contributed by atoms with van der Waals surface area (Å²) in [4.78, 5) is 11.7. The number of fused-ring (bicyclic) bond motifs is 3. The molecule has 1 aromatic heterocycles. The van der Waals surface area contributed by atoms with Crippen molar-refractivity contribution >= 4 is 16.9 Å². The molecule has 2 aliphatic rings. The summed E-state index contributed by atoms with van der Waals surface area (Å²) in [5.41, 5.74) is 4.32. The fraction of sp³-hybridized carbons (Fsp3) is 0.310. The Hall–Kier alpha value is -4.07. The lowest BCUT2D eigenvalue weighted by Crippen LogP contribution is -2.09. The minimum Gasteiger partial charge on any atom is -0.492 e. The monoisotopic (exact) mass is 502 g/mol. The van der Waals surface area contributed by atoms with Crippen molar-refractivity contribution < 1.29 is 28.1 Å². The molecule has 2 heterocycles. The van der Waals surface area contributed by atoms with Crippen LogP contribution in [0.5, 0.6) is 23.0 Å². The number of carbonyl (C=O) groups excluding carboxylic acids is 1. The minimum absolute atomic E-state index is 0.0461. The van der Waals surface area contributed by atoms with E-state index < -0.39 is 6.10 Å². The summed E-state index contributed by atoms with van der Waals surface area (Å²) < 4.78 is 40.0. The van der Waals surface area contributed by atoms with Gasteiger partial charge in [-0.1, -0.05) is 6.07 Å². The van der Waals surface area contributed by atoms with Gasteiger partial charge in [-0.25, -0.2) is 4.39 Å². The molecular weight excluding hydrogens is 475 g/mol. The molecule has 1 aliphatic heterocycles. The minimum atomic E-state index is -0.439. The van der Waals surface area contributed by atoms with Gasteiger partial charge in [0.15, 0.2) is 0 Å². The normalized spacial score (nSPS) is 17.8. The summed E-state index contributed by atoms with van der Waals surface area (Å²) in [5.74, 6) is 2.01. The van der Waals surface area contributed by atoms with Gasteiger partial charge in [-0.3, -0.25) is 9.48 Å². The lowest BCUT2D eigenvalue weighted by molar-refractivity contribution is -0.141. The second-order valence-corrected chi connectivity index (χ2v) is 9.56. The molecule has 0 amide bonds. The molecule has 3 aromatic carbocycles. The standard InChI is InChI=1S/C29H27FN2O5/c1-16-21-14-31-32(2)23(21)8-11-24(16)37-25-10-7-22(30)29-20(25)6-9-26(29)36-18-4-5-19-17(12-28(33)34-3)15-35-27(19)13-18/h4-5,7-8,10-11,13-14,17,26H,6,9,12,15H2,1-3H3/t17?,26-/m1/s1. The zero-order valence-corrected chi connectivity index (χ0v) is 20.9. The van der Waals surface area contributed by atoms with Gasteiger partial charge in [-0.15, -0.1) is 0 Å². The number of carbonyl (C=O) groups is 1. The van der Waals surface area contributed by atoms with E-state index in [0.717, 1.165) is 33.3 Å². The summed E-state index contributed by atoms with van der Waals surface area (Å²) in [7, 11) is 3.29. The summed E-state index contributed by atoms with van der Waals surface area (Å²) in [6.45, 7) is 2.42. The van der Waals surface area contributed by atoms with Crippen LogP contribution in [0.25, 0.3) is 10.9 Å². The van der Waals surface area contributed by atoms with Crippen LogP contribution in [0.3, 0.4) is 0 Å². The number of ether oxygens (including phenoxy) is 4. The molecule has 0 saturated heterocycles. The van der Waals surface area contributed by atoms with Crippen LogP contribution in [-0.2, 0) is 23.0 Å². The van der Waals surface area contributed by atoms with Gasteiger partial charge in [0.2, 0.25) is 0 Å². The summed E-state index contributed by atoms with van der Waals surface area (Å²) >= 11 is 0. The fourth-order valence-electron chi connectivity index (χ4n) is 5.38. The van der Waals surface area contributed by atoms with Gasteiger partial charge in [0, 0.05) is 46.7 Å². The average Bonchev–Trinajstić information content (AvgIpc) is 3.60. The summed E-state index contributed by atoms with van der Waals surface area (Å²) in [6.07, 6.45) is 2.93. The Morgan fingerprint density at radius 3 is 2.86 bits per heavy atom. The third-order valence-electron chi connectivity index (χ3n) is 7.39. The van der Waals surface area contributed by atoms with Crippen molar-refractivity contribution in [2.45, 2.75) is 38.2 Å². The number of methoxy groups -OCH3 is 1. The first kappa shape index (κ1) is 23.3. The molecule has 0 spiro atoms. The second kappa shape index (κ2) is 9.10. The summed E-state index contributed by atoms with van der Waals surface area (Å²) in [5, 5.41) is 5.35. The Balaban J connectivity index is 1.24. The number of nitrogens with zero attached hydrogens (tertiary/aromatic N) is 2.